The minimum atomic E-state index is -2.64. The van der Waals surface area contributed by atoms with Crippen LogP contribution in [0.5, 0.6) is 0 Å². The summed E-state index contributed by atoms with van der Waals surface area (Å²) in [6, 6.07) is 0. The molecule has 0 saturated heterocycles. The molecule has 0 spiro atoms. The van der Waals surface area contributed by atoms with Gasteiger partial charge < -0.3 is 4.74 Å². The third-order valence-corrected chi connectivity index (χ3v) is 1.04. The highest BCUT2D eigenvalue weighted by Crippen LogP contribution is 1.98. The van der Waals surface area contributed by atoms with Crippen molar-refractivity contribution in [2.75, 3.05) is 12.5 Å². The zero-order chi connectivity index (χ0) is 7.11. The van der Waals surface area contributed by atoms with E-state index in [1.807, 2.05) is 0 Å². The molecule has 1 nitrogen and oxygen atoms in total. The molecule has 0 rings (SSSR count). The zero-order valence-corrected chi connectivity index (χ0v) is 5.70. The molecule has 0 bridgehead atoms. The van der Waals surface area contributed by atoms with Gasteiger partial charge in [-0.25, -0.2) is 0 Å². The van der Waals surface area contributed by atoms with E-state index in [1.54, 1.807) is 0 Å². The Balaban J connectivity index is 2.75. The van der Waals surface area contributed by atoms with E-state index in [0.29, 0.717) is 12.3 Å². The molecule has 9 heavy (non-hydrogen) atoms. The Bertz CT molecular complexity index is 60.9. The molecule has 0 unspecified atom stereocenters. The number of ether oxygens (including phenoxy) is 1. The van der Waals surface area contributed by atoms with E-state index in [2.05, 4.69) is 4.74 Å². The van der Waals surface area contributed by atoms with Gasteiger partial charge in [-0.1, -0.05) is 0 Å². The number of hydrogen-bond donors (Lipinski definition) is 0. The zero-order valence-electron chi connectivity index (χ0n) is 4.95. The monoisotopic (exact) mass is 158 g/mol. The van der Waals surface area contributed by atoms with E-state index in [4.69, 9.17) is 11.6 Å². The van der Waals surface area contributed by atoms with Crippen molar-refractivity contribution in [1.29, 1.82) is 0 Å². The number of rotatable bonds is 5. The van der Waals surface area contributed by atoms with E-state index in [-0.39, 0.29) is 6.61 Å². The molecule has 0 aliphatic rings. The summed E-state index contributed by atoms with van der Waals surface area (Å²) >= 11 is 5.27. The lowest BCUT2D eigenvalue weighted by Crippen LogP contribution is -2.00. The third kappa shape index (κ3) is 8.11. The lowest BCUT2D eigenvalue weighted by Gasteiger charge is -1.98. The first-order valence-corrected chi connectivity index (χ1v) is 3.26. The quantitative estimate of drug-likeness (QED) is 0.441. The molecule has 0 heterocycles. The van der Waals surface area contributed by atoms with Crippen molar-refractivity contribution >= 4 is 11.6 Å². The molecule has 0 aromatic rings. The van der Waals surface area contributed by atoms with Crippen LogP contribution in [-0.2, 0) is 4.74 Å². The Labute approximate surface area is 57.9 Å². The van der Waals surface area contributed by atoms with Crippen LogP contribution in [0.15, 0.2) is 0 Å². The summed E-state index contributed by atoms with van der Waals surface area (Å²) in [4.78, 5) is 0. The van der Waals surface area contributed by atoms with Crippen LogP contribution in [0.4, 0.5) is 8.78 Å². The second kappa shape index (κ2) is 6.23. The van der Waals surface area contributed by atoms with Gasteiger partial charge in [-0.15, -0.1) is 11.6 Å². The van der Waals surface area contributed by atoms with Crippen LogP contribution in [0.2, 0.25) is 0 Å². The predicted octanol–water partition coefficient (Wildman–Crippen LogP) is 2.24. The van der Waals surface area contributed by atoms with Crippen molar-refractivity contribution in [3.8, 4) is 0 Å². The molecule has 0 aliphatic carbocycles. The third-order valence-electron chi connectivity index (χ3n) is 0.772. The van der Waals surface area contributed by atoms with E-state index < -0.39 is 6.61 Å². The minimum absolute atomic E-state index is 0.102. The molecular formula is C5H9ClF2O. The van der Waals surface area contributed by atoms with E-state index in [0.717, 1.165) is 6.42 Å². The molecule has 56 valence electrons. The summed E-state index contributed by atoms with van der Waals surface area (Å²) in [5.74, 6) is 0.507. The van der Waals surface area contributed by atoms with Crippen molar-refractivity contribution in [3.05, 3.63) is 0 Å². The van der Waals surface area contributed by atoms with E-state index >= 15 is 0 Å². The largest absolute Gasteiger partial charge is 0.345 e. The highest BCUT2D eigenvalue weighted by molar-refractivity contribution is 6.17. The highest BCUT2D eigenvalue weighted by atomic mass is 35.5. The van der Waals surface area contributed by atoms with Gasteiger partial charge in [-0.3, -0.25) is 0 Å². The molecule has 0 saturated carbocycles. The predicted molar refractivity (Wildman–Crippen MR) is 31.9 cm³/mol. The molecule has 0 N–H and O–H groups in total. The van der Waals surface area contributed by atoms with Gasteiger partial charge in [0, 0.05) is 5.88 Å². The molecule has 0 aliphatic heterocycles. The number of halogens is 3. The molecular weight excluding hydrogens is 150 g/mol. The maximum atomic E-state index is 11.2. The SMILES string of the molecule is FC(F)OCCCCCl. The normalized spacial score (nSPS) is 10.7. The maximum Gasteiger partial charge on any atom is 0.345 e. The second-order valence-corrected chi connectivity index (χ2v) is 1.91. The summed E-state index contributed by atoms with van der Waals surface area (Å²) in [6.45, 7) is -2.54. The van der Waals surface area contributed by atoms with Gasteiger partial charge in [0.15, 0.2) is 0 Å². The number of hydrogen-bond acceptors (Lipinski definition) is 1. The molecule has 0 radical (unpaired) electrons. The first-order chi connectivity index (χ1) is 4.27. The number of alkyl halides is 3. The van der Waals surface area contributed by atoms with Gasteiger partial charge >= 0.3 is 6.61 Å². The van der Waals surface area contributed by atoms with Crippen LogP contribution in [-0.4, -0.2) is 19.1 Å². The maximum absolute atomic E-state index is 11.2. The van der Waals surface area contributed by atoms with Crippen LogP contribution >= 0.6 is 11.6 Å². The summed E-state index contributed by atoms with van der Waals surface area (Å²) in [5.41, 5.74) is 0. The van der Waals surface area contributed by atoms with Gasteiger partial charge in [0.05, 0.1) is 6.61 Å². The molecule has 0 aromatic carbocycles. The second-order valence-electron chi connectivity index (χ2n) is 1.53. The van der Waals surface area contributed by atoms with Crippen molar-refractivity contribution in [2.24, 2.45) is 0 Å². The van der Waals surface area contributed by atoms with Crippen LogP contribution in [0.25, 0.3) is 0 Å². The average molecular weight is 159 g/mol. The van der Waals surface area contributed by atoms with Crippen molar-refractivity contribution < 1.29 is 13.5 Å². The van der Waals surface area contributed by atoms with Gasteiger partial charge in [0.1, 0.15) is 0 Å². The lowest BCUT2D eigenvalue weighted by molar-refractivity contribution is -0.129. The van der Waals surface area contributed by atoms with Gasteiger partial charge in [0.25, 0.3) is 0 Å². The molecule has 0 amide bonds. The fraction of sp³-hybridized carbons (Fsp3) is 1.00. The summed E-state index contributed by atoms with van der Waals surface area (Å²) < 4.78 is 26.4. The summed E-state index contributed by atoms with van der Waals surface area (Å²) in [7, 11) is 0. The Morgan fingerprint density at radius 2 is 2.00 bits per heavy atom. The standard InChI is InChI=1S/C5H9ClF2O/c6-3-1-2-4-9-5(7)8/h5H,1-4H2. The van der Waals surface area contributed by atoms with Crippen LogP contribution in [0, 0.1) is 0 Å². The smallest absolute Gasteiger partial charge is 0.323 e. The van der Waals surface area contributed by atoms with E-state index in [9.17, 15) is 8.78 Å². The van der Waals surface area contributed by atoms with Crippen molar-refractivity contribution in [2.45, 2.75) is 19.5 Å². The Kier molecular flexibility index (Phi) is 6.31. The first kappa shape index (κ1) is 9.11. The molecule has 4 heteroatoms. The molecule has 0 aromatic heterocycles. The molecule has 0 fully saturated rings. The topological polar surface area (TPSA) is 9.23 Å². The molecule has 0 atom stereocenters. The average Bonchev–Trinajstić information content (AvgIpc) is 1.80. The minimum Gasteiger partial charge on any atom is -0.323 e. The Hall–Kier alpha value is 0.110. The Morgan fingerprint density at radius 3 is 2.44 bits per heavy atom. The van der Waals surface area contributed by atoms with Crippen molar-refractivity contribution in [3.63, 3.8) is 0 Å². The van der Waals surface area contributed by atoms with Gasteiger partial charge in [-0.2, -0.15) is 8.78 Å². The summed E-state index contributed by atoms with van der Waals surface area (Å²) in [6.07, 6.45) is 1.34. The highest BCUT2D eigenvalue weighted by Gasteiger charge is 1.98. The van der Waals surface area contributed by atoms with Crippen LogP contribution < -0.4 is 0 Å². The van der Waals surface area contributed by atoms with Gasteiger partial charge in [0.2, 0.25) is 0 Å². The van der Waals surface area contributed by atoms with Crippen LogP contribution in [0.1, 0.15) is 12.8 Å². The van der Waals surface area contributed by atoms with Gasteiger partial charge in [-0.05, 0) is 12.8 Å². The van der Waals surface area contributed by atoms with E-state index in [1.165, 1.54) is 0 Å². The summed E-state index contributed by atoms with van der Waals surface area (Å²) in [5, 5.41) is 0. The first-order valence-electron chi connectivity index (χ1n) is 2.73. The lowest BCUT2D eigenvalue weighted by atomic mass is 10.4. The van der Waals surface area contributed by atoms with Crippen molar-refractivity contribution in [1.82, 2.24) is 0 Å². The Morgan fingerprint density at radius 1 is 1.33 bits per heavy atom. The fourth-order valence-corrected chi connectivity index (χ4v) is 0.558. The number of unbranched alkanes of at least 4 members (excludes halogenated alkanes) is 1. The van der Waals surface area contributed by atoms with Crippen LogP contribution in [0.3, 0.4) is 0 Å². The fourth-order valence-electron chi connectivity index (χ4n) is 0.369.